The molecule has 1 amide bonds. The molecule has 3 fully saturated rings. The molecular formula is C15H22N4O. The predicted molar refractivity (Wildman–Crippen MR) is 78.9 cm³/mol. The van der Waals surface area contributed by atoms with Gasteiger partial charge in [0.1, 0.15) is 5.82 Å². The Balaban J connectivity index is 1.71. The van der Waals surface area contributed by atoms with E-state index in [4.69, 9.17) is 0 Å². The Kier molecular flexibility index (Phi) is 3.61. The van der Waals surface area contributed by atoms with E-state index in [1.54, 1.807) is 0 Å². The van der Waals surface area contributed by atoms with Crippen molar-refractivity contribution in [2.24, 2.45) is 5.92 Å². The largest absolute Gasteiger partial charge is 0.373 e. The number of fused-ring (bicyclic) bond motifs is 3. The molecule has 0 saturated carbocycles. The van der Waals surface area contributed by atoms with Crippen LogP contribution in [0, 0.1) is 12.8 Å². The highest BCUT2D eigenvalue weighted by atomic mass is 16.1. The lowest BCUT2D eigenvalue weighted by Crippen LogP contribution is -2.57. The SMILES string of the molecule is CNc1cc(C(=O)NC2CN3CCC2CC3)cc(C)n1. The minimum atomic E-state index is 0.0192. The molecule has 0 spiro atoms. The lowest BCUT2D eigenvalue weighted by molar-refractivity contribution is 0.0620. The van der Waals surface area contributed by atoms with Crippen molar-refractivity contribution < 1.29 is 4.79 Å². The van der Waals surface area contributed by atoms with Crippen molar-refractivity contribution >= 4 is 11.7 Å². The zero-order valence-electron chi connectivity index (χ0n) is 12.1. The van der Waals surface area contributed by atoms with Gasteiger partial charge in [-0.05, 0) is 50.9 Å². The average Bonchev–Trinajstić information content (AvgIpc) is 2.47. The number of hydrogen-bond acceptors (Lipinski definition) is 4. The van der Waals surface area contributed by atoms with Crippen molar-refractivity contribution in [3.8, 4) is 0 Å². The van der Waals surface area contributed by atoms with E-state index in [1.807, 2.05) is 26.1 Å². The Morgan fingerprint density at radius 3 is 2.70 bits per heavy atom. The van der Waals surface area contributed by atoms with E-state index in [0.717, 1.165) is 18.1 Å². The summed E-state index contributed by atoms with van der Waals surface area (Å²) in [6.07, 6.45) is 2.42. The summed E-state index contributed by atoms with van der Waals surface area (Å²) in [5.41, 5.74) is 1.55. The molecule has 0 aliphatic carbocycles. The summed E-state index contributed by atoms with van der Waals surface area (Å²) in [6.45, 7) is 5.29. The number of carbonyl (C=O) groups excluding carboxylic acids is 1. The zero-order chi connectivity index (χ0) is 14.1. The van der Waals surface area contributed by atoms with E-state index >= 15 is 0 Å². The Morgan fingerprint density at radius 2 is 2.10 bits per heavy atom. The summed E-state index contributed by atoms with van der Waals surface area (Å²) in [6, 6.07) is 3.96. The number of hydrogen-bond donors (Lipinski definition) is 2. The molecule has 108 valence electrons. The van der Waals surface area contributed by atoms with E-state index in [2.05, 4.69) is 20.5 Å². The fourth-order valence-corrected chi connectivity index (χ4v) is 3.31. The minimum absolute atomic E-state index is 0.0192. The summed E-state index contributed by atoms with van der Waals surface area (Å²) in [5, 5.41) is 6.20. The molecule has 2 N–H and O–H groups in total. The highest BCUT2D eigenvalue weighted by molar-refractivity contribution is 5.95. The van der Waals surface area contributed by atoms with Gasteiger partial charge in [-0.3, -0.25) is 4.79 Å². The van der Waals surface area contributed by atoms with Crippen LogP contribution in [0.25, 0.3) is 0 Å². The second-order valence-electron chi connectivity index (χ2n) is 5.85. The lowest BCUT2D eigenvalue weighted by Gasteiger charge is -2.44. The Labute approximate surface area is 119 Å². The number of nitrogens with one attached hydrogen (secondary N) is 2. The number of aryl methyl sites for hydroxylation is 1. The van der Waals surface area contributed by atoms with Crippen molar-refractivity contribution in [1.82, 2.24) is 15.2 Å². The molecule has 3 aliphatic heterocycles. The molecule has 0 aromatic carbocycles. The molecule has 0 radical (unpaired) electrons. The standard InChI is InChI=1S/C15H22N4O/c1-10-7-12(8-14(16-2)17-10)15(20)18-13-9-19-5-3-11(13)4-6-19/h7-8,11,13H,3-6,9H2,1-2H3,(H,16,17)(H,18,20). The van der Waals surface area contributed by atoms with Crippen LogP contribution in [0.5, 0.6) is 0 Å². The van der Waals surface area contributed by atoms with Crippen molar-refractivity contribution in [3.63, 3.8) is 0 Å². The van der Waals surface area contributed by atoms with Crippen LogP contribution in [-0.4, -0.2) is 48.5 Å². The monoisotopic (exact) mass is 274 g/mol. The zero-order valence-corrected chi connectivity index (χ0v) is 12.1. The van der Waals surface area contributed by atoms with E-state index in [-0.39, 0.29) is 5.91 Å². The van der Waals surface area contributed by atoms with Gasteiger partial charge < -0.3 is 15.5 Å². The number of nitrogens with zero attached hydrogens (tertiary/aromatic N) is 2. The first-order valence-corrected chi connectivity index (χ1v) is 7.35. The number of piperidine rings is 3. The van der Waals surface area contributed by atoms with E-state index in [1.165, 1.54) is 25.9 Å². The molecule has 4 heterocycles. The topological polar surface area (TPSA) is 57.3 Å². The summed E-state index contributed by atoms with van der Waals surface area (Å²) in [5.74, 6) is 1.41. The van der Waals surface area contributed by atoms with Crippen LogP contribution >= 0.6 is 0 Å². The number of rotatable bonds is 3. The van der Waals surface area contributed by atoms with Crippen molar-refractivity contribution in [2.45, 2.75) is 25.8 Å². The first kappa shape index (κ1) is 13.4. The molecule has 1 aromatic rings. The molecule has 2 bridgehead atoms. The van der Waals surface area contributed by atoms with Gasteiger partial charge >= 0.3 is 0 Å². The molecule has 4 rings (SSSR count). The number of pyridine rings is 1. The number of anilines is 1. The first-order chi connectivity index (χ1) is 9.65. The second-order valence-corrected chi connectivity index (χ2v) is 5.85. The molecule has 1 atom stereocenters. The van der Waals surface area contributed by atoms with Gasteiger partial charge in [-0.15, -0.1) is 0 Å². The molecular weight excluding hydrogens is 252 g/mol. The van der Waals surface area contributed by atoms with Crippen LogP contribution in [0.1, 0.15) is 28.9 Å². The normalized spacial score (nSPS) is 28.2. The van der Waals surface area contributed by atoms with Crippen LogP contribution in [0.4, 0.5) is 5.82 Å². The fourth-order valence-electron chi connectivity index (χ4n) is 3.31. The maximum atomic E-state index is 12.4. The average molecular weight is 274 g/mol. The first-order valence-electron chi connectivity index (χ1n) is 7.35. The van der Waals surface area contributed by atoms with Crippen LogP contribution < -0.4 is 10.6 Å². The third-order valence-electron chi connectivity index (χ3n) is 4.44. The number of aromatic nitrogens is 1. The van der Waals surface area contributed by atoms with Crippen LogP contribution in [0.15, 0.2) is 12.1 Å². The van der Waals surface area contributed by atoms with Crippen molar-refractivity contribution in [1.29, 1.82) is 0 Å². The molecule has 5 nitrogen and oxygen atoms in total. The number of amides is 1. The lowest BCUT2D eigenvalue weighted by atomic mass is 9.84. The van der Waals surface area contributed by atoms with Crippen molar-refractivity contribution in [3.05, 3.63) is 23.4 Å². The molecule has 5 heteroatoms. The van der Waals surface area contributed by atoms with Gasteiger partial charge in [0.05, 0.1) is 0 Å². The molecule has 3 saturated heterocycles. The van der Waals surface area contributed by atoms with E-state index in [0.29, 0.717) is 17.5 Å². The highest BCUT2D eigenvalue weighted by Gasteiger charge is 2.34. The third-order valence-corrected chi connectivity index (χ3v) is 4.44. The summed E-state index contributed by atoms with van der Waals surface area (Å²) in [4.78, 5) is 19.2. The van der Waals surface area contributed by atoms with Crippen LogP contribution in [0.2, 0.25) is 0 Å². The Morgan fingerprint density at radius 1 is 1.35 bits per heavy atom. The highest BCUT2D eigenvalue weighted by Crippen LogP contribution is 2.27. The summed E-state index contributed by atoms with van der Waals surface area (Å²) >= 11 is 0. The molecule has 3 aliphatic rings. The second kappa shape index (κ2) is 5.40. The maximum absolute atomic E-state index is 12.4. The molecule has 1 unspecified atom stereocenters. The third kappa shape index (κ3) is 2.63. The van der Waals surface area contributed by atoms with Gasteiger partial charge in [-0.25, -0.2) is 4.98 Å². The maximum Gasteiger partial charge on any atom is 0.251 e. The van der Waals surface area contributed by atoms with Crippen LogP contribution in [0.3, 0.4) is 0 Å². The Bertz CT molecular complexity index is 509. The van der Waals surface area contributed by atoms with Crippen LogP contribution in [-0.2, 0) is 0 Å². The van der Waals surface area contributed by atoms with Gasteiger partial charge in [-0.2, -0.15) is 0 Å². The molecule has 1 aromatic heterocycles. The van der Waals surface area contributed by atoms with Gasteiger partial charge in [0, 0.05) is 30.9 Å². The smallest absolute Gasteiger partial charge is 0.251 e. The minimum Gasteiger partial charge on any atom is -0.373 e. The van der Waals surface area contributed by atoms with Gasteiger partial charge in [0.2, 0.25) is 0 Å². The summed E-state index contributed by atoms with van der Waals surface area (Å²) < 4.78 is 0. The predicted octanol–water partition coefficient (Wildman–Crippen LogP) is 1.26. The fraction of sp³-hybridized carbons (Fsp3) is 0.600. The number of carbonyl (C=O) groups is 1. The van der Waals surface area contributed by atoms with E-state index in [9.17, 15) is 4.79 Å². The quantitative estimate of drug-likeness (QED) is 0.871. The van der Waals surface area contributed by atoms with Gasteiger partial charge in [0.15, 0.2) is 0 Å². The van der Waals surface area contributed by atoms with E-state index < -0.39 is 0 Å². The Hall–Kier alpha value is -1.62. The molecule has 20 heavy (non-hydrogen) atoms. The van der Waals surface area contributed by atoms with Gasteiger partial charge in [-0.1, -0.05) is 0 Å². The van der Waals surface area contributed by atoms with Crippen molar-refractivity contribution in [2.75, 3.05) is 32.0 Å². The summed E-state index contributed by atoms with van der Waals surface area (Å²) in [7, 11) is 1.82. The van der Waals surface area contributed by atoms with Gasteiger partial charge in [0.25, 0.3) is 5.91 Å².